The first-order valence-electron chi connectivity index (χ1n) is 9.24. The van der Waals surface area contributed by atoms with Gasteiger partial charge in [0.1, 0.15) is 28.0 Å². The summed E-state index contributed by atoms with van der Waals surface area (Å²) in [6.45, 7) is 4.49. The monoisotopic (exact) mass is 398 g/mol. The van der Waals surface area contributed by atoms with Gasteiger partial charge in [-0.3, -0.25) is 4.79 Å². The molecule has 4 nitrogen and oxygen atoms in total. The average Bonchev–Trinajstić information content (AvgIpc) is 3.05. The van der Waals surface area contributed by atoms with Crippen molar-refractivity contribution < 1.29 is 9.53 Å². The van der Waals surface area contributed by atoms with Crippen molar-refractivity contribution in [3.8, 4) is 0 Å². The molecular weight excluding hydrogens is 376 g/mol. The SMILES string of the molecule is C[C@@H]1CCc2c(sc3ncnc(S[C@H](C)C(=O)OCc4ccccc4)c23)C1. The lowest BCUT2D eigenvalue weighted by Crippen LogP contribution is -2.17. The van der Waals surface area contributed by atoms with E-state index in [2.05, 4.69) is 16.9 Å². The maximum absolute atomic E-state index is 12.4. The number of benzene rings is 1. The van der Waals surface area contributed by atoms with Crippen molar-refractivity contribution in [2.75, 3.05) is 0 Å². The molecule has 2 atom stereocenters. The lowest BCUT2D eigenvalue weighted by atomic mass is 9.89. The molecule has 140 valence electrons. The highest BCUT2D eigenvalue weighted by atomic mass is 32.2. The normalized spacial score (nSPS) is 17.5. The third kappa shape index (κ3) is 4.01. The van der Waals surface area contributed by atoms with E-state index in [1.54, 1.807) is 17.7 Å². The van der Waals surface area contributed by atoms with Crippen molar-refractivity contribution in [3.05, 3.63) is 52.7 Å². The Morgan fingerprint density at radius 3 is 2.96 bits per heavy atom. The van der Waals surface area contributed by atoms with Crippen LogP contribution in [0.1, 0.15) is 36.3 Å². The molecule has 0 radical (unpaired) electrons. The van der Waals surface area contributed by atoms with Crippen LogP contribution >= 0.6 is 23.1 Å². The largest absolute Gasteiger partial charge is 0.460 e. The second-order valence-corrected chi connectivity index (χ2v) is 9.48. The van der Waals surface area contributed by atoms with E-state index in [4.69, 9.17) is 4.74 Å². The number of aromatic nitrogens is 2. The molecule has 1 aliphatic rings. The lowest BCUT2D eigenvalue weighted by Gasteiger charge is -2.18. The maximum atomic E-state index is 12.4. The van der Waals surface area contributed by atoms with E-state index in [-0.39, 0.29) is 11.2 Å². The van der Waals surface area contributed by atoms with E-state index < -0.39 is 0 Å². The van der Waals surface area contributed by atoms with Crippen molar-refractivity contribution in [2.45, 2.75) is 50.0 Å². The molecule has 0 spiro atoms. The third-order valence-electron chi connectivity index (χ3n) is 4.90. The van der Waals surface area contributed by atoms with Gasteiger partial charge in [0, 0.05) is 10.3 Å². The molecule has 4 rings (SSSR count). The Labute approximate surface area is 167 Å². The predicted octanol–water partition coefficient (Wildman–Crippen LogP) is 5.04. The number of thiophene rings is 1. The summed E-state index contributed by atoms with van der Waals surface area (Å²) in [5.41, 5.74) is 2.38. The van der Waals surface area contributed by atoms with Gasteiger partial charge in [-0.1, -0.05) is 49.0 Å². The fourth-order valence-corrected chi connectivity index (χ4v) is 5.76. The average molecular weight is 399 g/mol. The van der Waals surface area contributed by atoms with Crippen LogP contribution in [-0.4, -0.2) is 21.2 Å². The van der Waals surface area contributed by atoms with E-state index in [9.17, 15) is 4.79 Å². The summed E-state index contributed by atoms with van der Waals surface area (Å²) in [5, 5.41) is 1.73. The van der Waals surface area contributed by atoms with Gasteiger partial charge >= 0.3 is 5.97 Å². The van der Waals surface area contributed by atoms with Crippen LogP contribution in [0.5, 0.6) is 0 Å². The van der Waals surface area contributed by atoms with Crippen LogP contribution in [0.3, 0.4) is 0 Å². The zero-order valence-corrected chi connectivity index (χ0v) is 17.1. The summed E-state index contributed by atoms with van der Waals surface area (Å²) in [4.78, 5) is 23.9. The number of hydrogen-bond acceptors (Lipinski definition) is 6. The van der Waals surface area contributed by atoms with Crippen molar-refractivity contribution in [2.24, 2.45) is 5.92 Å². The summed E-state index contributed by atoms with van der Waals surface area (Å²) in [5.74, 6) is 0.509. The van der Waals surface area contributed by atoms with E-state index in [1.165, 1.54) is 28.6 Å². The number of carbonyl (C=O) groups excluding carboxylic acids is 1. The molecule has 0 amide bonds. The van der Waals surface area contributed by atoms with Gasteiger partial charge in [0.15, 0.2) is 0 Å². The Morgan fingerprint density at radius 2 is 2.15 bits per heavy atom. The molecule has 0 unspecified atom stereocenters. The van der Waals surface area contributed by atoms with Crippen molar-refractivity contribution in [3.63, 3.8) is 0 Å². The van der Waals surface area contributed by atoms with E-state index in [0.29, 0.717) is 6.61 Å². The summed E-state index contributed by atoms with van der Waals surface area (Å²) in [6, 6.07) is 9.75. The van der Waals surface area contributed by atoms with E-state index >= 15 is 0 Å². The molecule has 2 heterocycles. The zero-order valence-electron chi connectivity index (χ0n) is 15.5. The van der Waals surface area contributed by atoms with Gasteiger partial charge in [-0.2, -0.15) is 0 Å². The van der Waals surface area contributed by atoms with E-state index in [0.717, 1.165) is 39.6 Å². The fraction of sp³-hybridized carbons (Fsp3) is 0.381. The van der Waals surface area contributed by atoms with Gasteiger partial charge in [-0.05, 0) is 43.2 Å². The minimum atomic E-state index is -0.315. The predicted molar refractivity (Wildman–Crippen MR) is 110 cm³/mol. The quantitative estimate of drug-likeness (QED) is 0.342. The second kappa shape index (κ2) is 7.98. The molecular formula is C21H22N2O2S2. The number of rotatable bonds is 5. The Morgan fingerprint density at radius 1 is 1.33 bits per heavy atom. The molecule has 0 aliphatic heterocycles. The van der Waals surface area contributed by atoms with Gasteiger partial charge in [0.25, 0.3) is 0 Å². The number of esters is 1. The van der Waals surface area contributed by atoms with Gasteiger partial charge in [0.05, 0.1) is 0 Å². The standard InChI is InChI=1S/C21H22N2O2S2/c1-13-8-9-16-17(10-13)27-20-18(16)19(22-12-23-20)26-14(2)21(24)25-11-15-6-4-3-5-7-15/h3-7,12-14H,8-11H2,1-2H3/t13-,14-/m1/s1. The van der Waals surface area contributed by atoms with Crippen LogP contribution in [0.2, 0.25) is 0 Å². The molecule has 1 aromatic carbocycles. The highest BCUT2D eigenvalue weighted by molar-refractivity contribution is 8.00. The molecule has 1 aliphatic carbocycles. The number of hydrogen-bond donors (Lipinski definition) is 0. The first-order valence-corrected chi connectivity index (χ1v) is 10.9. The minimum Gasteiger partial charge on any atom is -0.460 e. The Hall–Kier alpha value is -1.92. The molecule has 2 aromatic heterocycles. The maximum Gasteiger partial charge on any atom is 0.319 e. The first-order chi connectivity index (χ1) is 13.1. The lowest BCUT2D eigenvalue weighted by molar-refractivity contribution is -0.143. The van der Waals surface area contributed by atoms with Gasteiger partial charge in [-0.25, -0.2) is 9.97 Å². The molecule has 0 fully saturated rings. The van der Waals surface area contributed by atoms with Gasteiger partial charge in [0.2, 0.25) is 0 Å². The number of ether oxygens (including phenoxy) is 1. The Bertz CT molecular complexity index is 955. The van der Waals surface area contributed by atoms with Crippen LogP contribution in [0.4, 0.5) is 0 Å². The van der Waals surface area contributed by atoms with Gasteiger partial charge < -0.3 is 4.74 Å². The summed E-state index contributed by atoms with van der Waals surface area (Å²) in [7, 11) is 0. The minimum absolute atomic E-state index is 0.215. The molecule has 0 saturated heterocycles. The fourth-order valence-electron chi connectivity index (χ4n) is 3.40. The summed E-state index contributed by atoms with van der Waals surface area (Å²) >= 11 is 3.26. The Balaban J connectivity index is 1.50. The molecule has 0 N–H and O–H groups in total. The molecule has 0 saturated carbocycles. The molecule has 27 heavy (non-hydrogen) atoms. The Kier molecular flexibility index (Phi) is 5.45. The van der Waals surface area contributed by atoms with Crippen molar-refractivity contribution in [1.82, 2.24) is 9.97 Å². The number of carbonyl (C=O) groups is 1. The smallest absolute Gasteiger partial charge is 0.319 e. The van der Waals surface area contributed by atoms with Crippen LogP contribution in [-0.2, 0) is 29.0 Å². The number of thioether (sulfide) groups is 1. The van der Waals surface area contributed by atoms with Crippen LogP contribution in [0, 0.1) is 5.92 Å². The highest BCUT2D eigenvalue weighted by Crippen LogP contribution is 2.41. The number of aryl methyl sites for hydroxylation is 1. The summed E-state index contributed by atoms with van der Waals surface area (Å²) in [6.07, 6.45) is 5.00. The van der Waals surface area contributed by atoms with Crippen molar-refractivity contribution in [1.29, 1.82) is 0 Å². The second-order valence-electron chi connectivity index (χ2n) is 7.06. The first kappa shape index (κ1) is 18.4. The van der Waals surface area contributed by atoms with Gasteiger partial charge in [-0.15, -0.1) is 11.3 Å². The van der Waals surface area contributed by atoms with Crippen molar-refractivity contribution >= 4 is 39.3 Å². The topological polar surface area (TPSA) is 52.1 Å². The van der Waals surface area contributed by atoms with E-state index in [1.807, 2.05) is 37.3 Å². The third-order valence-corrected chi connectivity index (χ3v) is 7.14. The highest BCUT2D eigenvalue weighted by Gasteiger charge is 2.25. The van der Waals surface area contributed by atoms with Crippen LogP contribution in [0.15, 0.2) is 41.7 Å². The number of fused-ring (bicyclic) bond motifs is 3. The summed E-state index contributed by atoms with van der Waals surface area (Å²) < 4.78 is 5.48. The number of nitrogens with zero attached hydrogens (tertiary/aromatic N) is 2. The molecule has 6 heteroatoms. The molecule has 3 aromatic rings. The van der Waals surface area contributed by atoms with Crippen LogP contribution < -0.4 is 0 Å². The zero-order chi connectivity index (χ0) is 18.8. The molecule has 0 bridgehead atoms. The van der Waals surface area contributed by atoms with Crippen LogP contribution in [0.25, 0.3) is 10.2 Å².